The molecule has 4 N–H and O–H groups in total. The molecule has 128 valence electrons. The molecule has 1 aromatic carbocycles. The maximum Gasteiger partial charge on any atom is 0.303 e. The van der Waals surface area contributed by atoms with Gasteiger partial charge in [0.05, 0.1) is 6.04 Å². The van der Waals surface area contributed by atoms with E-state index in [0.29, 0.717) is 30.5 Å². The van der Waals surface area contributed by atoms with Gasteiger partial charge in [-0.2, -0.15) is 0 Å². The van der Waals surface area contributed by atoms with E-state index in [4.69, 9.17) is 34.0 Å². The highest BCUT2D eigenvalue weighted by atomic mass is 35.5. The van der Waals surface area contributed by atoms with Crippen LogP contribution in [-0.2, 0) is 9.59 Å². The van der Waals surface area contributed by atoms with Gasteiger partial charge in [0.15, 0.2) is 0 Å². The third-order valence-electron chi connectivity index (χ3n) is 3.21. The molecule has 23 heavy (non-hydrogen) atoms. The molecule has 1 atom stereocenters. The van der Waals surface area contributed by atoms with Crippen molar-refractivity contribution in [3.05, 3.63) is 24.3 Å². The summed E-state index contributed by atoms with van der Waals surface area (Å²) in [5, 5.41) is 11.3. The largest absolute Gasteiger partial charge is 0.481 e. The molecule has 1 aromatic rings. The number of nitrogens with two attached hydrogens (primary N) is 1. The number of carboxylic acid groups (broad SMARTS) is 1. The van der Waals surface area contributed by atoms with Crippen molar-refractivity contribution in [1.82, 2.24) is 0 Å². The van der Waals surface area contributed by atoms with Crippen LogP contribution in [0.3, 0.4) is 0 Å². The number of rotatable bonds is 10. The van der Waals surface area contributed by atoms with Crippen molar-refractivity contribution in [2.45, 2.75) is 18.9 Å². The number of carbonyl (C=O) groups excluding carboxylic acids is 1. The first-order chi connectivity index (χ1) is 11.0. The lowest BCUT2D eigenvalue weighted by atomic mass is 10.1. The third-order valence-corrected chi connectivity index (χ3v) is 3.55. The molecular formula is C15H21Cl2N3O3. The van der Waals surface area contributed by atoms with Crippen LogP contribution in [0, 0.1) is 0 Å². The van der Waals surface area contributed by atoms with E-state index in [2.05, 4.69) is 5.32 Å². The number of nitrogens with one attached hydrogen (secondary N) is 1. The lowest BCUT2D eigenvalue weighted by Crippen LogP contribution is -2.36. The minimum Gasteiger partial charge on any atom is -0.481 e. The van der Waals surface area contributed by atoms with Gasteiger partial charge in [-0.15, -0.1) is 23.2 Å². The van der Waals surface area contributed by atoms with Crippen molar-refractivity contribution >= 4 is 46.5 Å². The van der Waals surface area contributed by atoms with Gasteiger partial charge in [0.25, 0.3) is 0 Å². The van der Waals surface area contributed by atoms with Gasteiger partial charge in [0.1, 0.15) is 0 Å². The smallest absolute Gasteiger partial charge is 0.303 e. The number of nitrogens with zero attached hydrogens (tertiary/aromatic N) is 1. The van der Waals surface area contributed by atoms with Crippen LogP contribution < -0.4 is 16.0 Å². The van der Waals surface area contributed by atoms with Crippen molar-refractivity contribution in [2.24, 2.45) is 5.73 Å². The summed E-state index contributed by atoms with van der Waals surface area (Å²) in [5.41, 5.74) is 7.21. The molecule has 1 rings (SSSR count). The second-order valence-corrected chi connectivity index (χ2v) is 5.70. The second kappa shape index (κ2) is 10.3. The van der Waals surface area contributed by atoms with Crippen LogP contribution in [0.15, 0.2) is 24.3 Å². The number of carbonyl (C=O) groups is 2. The minimum absolute atomic E-state index is 0.0957. The molecule has 0 fully saturated rings. The lowest BCUT2D eigenvalue weighted by Gasteiger charge is -2.23. The Hall–Kier alpha value is -1.50. The van der Waals surface area contributed by atoms with Crippen molar-refractivity contribution in [3.8, 4) is 0 Å². The maximum atomic E-state index is 11.9. The number of benzene rings is 1. The van der Waals surface area contributed by atoms with E-state index < -0.39 is 17.9 Å². The highest BCUT2D eigenvalue weighted by Gasteiger charge is 2.15. The number of hydrogen-bond donors (Lipinski definition) is 3. The Labute approximate surface area is 145 Å². The number of alkyl halides is 2. The van der Waals surface area contributed by atoms with E-state index in [1.54, 1.807) is 12.1 Å². The monoisotopic (exact) mass is 361 g/mol. The second-order valence-electron chi connectivity index (χ2n) is 4.94. The summed E-state index contributed by atoms with van der Waals surface area (Å²) in [6.07, 6.45) is -0.0438. The molecule has 0 saturated heterocycles. The van der Waals surface area contributed by atoms with E-state index in [0.717, 1.165) is 5.69 Å². The highest BCUT2D eigenvalue weighted by Crippen LogP contribution is 2.18. The fourth-order valence-corrected chi connectivity index (χ4v) is 2.38. The van der Waals surface area contributed by atoms with E-state index in [-0.39, 0.29) is 12.8 Å². The average Bonchev–Trinajstić information content (AvgIpc) is 2.53. The van der Waals surface area contributed by atoms with Crippen molar-refractivity contribution in [1.29, 1.82) is 0 Å². The van der Waals surface area contributed by atoms with Gasteiger partial charge in [0.2, 0.25) is 5.91 Å². The number of amides is 1. The number of carboxylic acids is 1. The Morgan fingerprint density at radius 2 is 1.74 bits per heavy atom. The normalized spacial score (nSPS) is 11.8. The van der Waals surface area contributed by atoms with Gasteiger partial charge in [0, 0.05) is 42.6 Å². The van der Waals surface area contributed by atoms with Crippen LogP contribution in [-0.4, -0.2) is 47.9 Å². The molecule has 0 spiro atoms. The zero-order chi connectivity index (χ0) is 17.2. The summed E-state index contributed by atoms with van der Waals surface area (Å²) in [6.45, 7) is 1.36. The highest BCUT2D eigenvalue weighted by molar-refractivity contribution is 6.18. The van der Waals surface area contributed by atoms with E-state index >= 15 is 0 Å². The SMILES string of the molecule is NC(CCC(=O)O)C(=O)Nc1ccc(N(CCCl)CCCl)cc1. The molecule has 6 nitrogen and oxygen atoms in total. The Balaban J connectivity index is 2.62. The molecule has 1 amide bonds. The van der Waals surface area contributed by atoms with E-state index in [1.165, 1.54) is 0 Å². The summed E-state index contributed by atoms with van der Waals surface area (Å²) in [7, 11) is 0. The zero-order valence-electron chi connectivity index (χ0n) is 12.7. The van der Waals surface area contributed by atoms with Gasteiger partial charge in [-0.3, -0.25) is 9.59 Å². The summed E-state index contributed by atoms with van der Waals surface area (Å²) in [5.74, 6) is -0.393. The standard InChI is InChI=1S/C15H21Cl2N3O3/c16-7-9-20(10-8-17)12-3-1-11(2-4-12)19-15(23)13(18)5-6-14(21)22/h1-4,13H,5-10,18H2,(H,19,23)(H,21,22). The predicted octanol–water partition coefficient (Wildman–Crippen LogP) is 2.10. The first kappa shape index (κ1) is 19.5. The molecule has 1 unspecified atom stereocenters. The third kappa shape index (κ3) is 7.07. The Morgan fingerprint density at radius 3 is 2.22 bits per heavy atom. The predicted molar refractivity (Wildman–Crippen MR) is 93.6 cm³/mol. The van der Waals surface area contributed by atoms with Crippen LogP contribution in [0.5, 0.6) is 0 Å². The Bertz CT molecular complexity index is 505. The van der Waals surface area contributed by atoms with Gasteiger partial charge in [-0.25, -0.2) is 0 Å². The van der Waals surface area contributed by atoms with Crippen molar-refractivity contribution in [2.75, 3.05) is 35.1 Å². The number of halogens is 2. The summed E-state index contributed by atoms with van der Waals surface area (Å²) < 4.78 is 0. The minimum atomic E-state index is -0.976. The topological polar surface area (TPSA) is 95.7 Å². The average molecular weight is 362 g/mol. The summed E-state index contributed by atoms with van der Waals surface area (Å²) in [6, 6.07) is 6.38. The Morgan fingerprint density at radius 1 is 1.17 bits per heavy atom. The summed E-state index contributed by atoms with van der Waals surface area (Å²) in [4.78, 5) is 24.4. The molecule has 0 heterocycles. The first-order valence-electron chi connectivity index (χ1n) is 7.23. The molecule has 0 saturated carbocycles. The van der Waals surface area contributed by atoms with Gasteiger partial charge in [-0.1, -0.05) is 0 Å². The zero-order valence-corrected chi connectivity index (χ0v) is 14.2. The molecule has 0 aromatic heterocycles. The first-order valence-corrected chi connectivity index (χ1v) is 8.30. The molecule has 0 aliphatic heterocycles. The number of anilines is 2. The van der Waals surface area contributed by atoms with Crippen LogP contribution in [0.4, 0.5) is 11.4 Å². The van der Waals surface area contributed by atoms with E-state index in [1.807, 2.05) is 17.0 Å². The van der Waals surface area contributed by atoms with Crippen molar-refractivity contribution in [3.63, 3.8) is 0 Å². The van der Waals surface area contributed by atoms with Crippen LogP contribution in [0.25, 0.3) is 0 Å². The maximum absolute atomic E-state index is 11.9. The fourth-order valence-electron chi connectivity index (χ4n) is 1.97. The van der Waals surface area contributed by atoms with E-state index in [9.17, 15) is 9.59 Å². The molecular weight excluding hydrogens is 341 g/mol. The molecule has 0 aliphatic carbocycles. The summed E-state index contributed by atoms with van der Waals surface area (Å²) >= 11 is 11.5. The van der Waals surface area contributed by atoms with Crippen molar-refractivity contribution < 1.29 is 14.7 Å². The van der Waals surface area contributed by atoms with Gasteiger partial charge >= 0.3 is 5.97 Å². The lowest BCUT2D eigenvalue weighted by molar-refractivity contribution is -0.137. The van der Waals surface area contributed by atoms with Crippen LogP contribution in [0.1, 0.15) is 12.8 Å². The van der Waals surface area contributed by atoms with Crippen LogP contribution >= 0.6 is 23.2 Å². The molecule has 0 radical (unpaired) electrons. The number of hydrogen-bond acceptors (Lipinski definition) is 4. The number of aliphatic carboxylic acids is 1. The molecule has 0 bridgehead atoms. The Kier molecular flexibility index (Phi) is 8.76. The van der Waals surface area contributed by atoms with Gasteiger partial charge in [-0.05, 0) is 30.7 Å². The van der Waals surface area contributed by atoms with Gasteiger partial charge < -0.3 is 21.1 Å². The van der Waals surface area contributed by atoms with Crippen LogP contribution in [0.2, 0.25) is 0 Å². The fraction of sp³-hybridized carbons (Fsp3) is 0.467. The molecule has 8 heteroatoms. The molecule has 0 aliphatic rings. The quantitative estimate of drug-likeness (QED) is 0.554.